The first-order valence-electron chi connectivity index (χ1n) is 11.1. The summed E-state index contributed by atoms with van der Waals surface area (Å²) in [4.78, 5) is 19.5. The zero-order chi connectivity index (χ0) is 24.4. The summed E-state index contributed by atoms with van der Waals surface area (Å²) < 4.78 is 7.18. The second kappa shape index (κ2) is 10.2. The van der Waals surface area contributed by atoms with Crippen LogP contribution in [0.2, 0.25) is 0 Å². The molecule has 0 spiro atoms. The van der Waals surface area contributed by atoms with Gasteiger partial charge in [0.1, 0.15) is 16.5 Å². The van der Waals surface area contributed by atoms with E-state index < -0.39 is 5.54 Å². The molecule has 2 atom stereocenters. The molecular weight excluding hydrogens is 587 g/mol. The van der Waals surface area contributed by atoms with Gasteiger partial charge in [0.25, 0.3) is 0 Å². The molecule has 2 unspecified atom stereocenters. The van der Waals surface area contributed by atoms with Crippen molar-refractivity contribution in [1.82, 2.24) is 10.3 Å². The maximum Gasteiger partial charge on any atom is 0.238 e. The average molecular weight is 611 g/mol. The van der Waals surface area contributed by atoms with Crippen LogP contribution in [0.1, 0.15) is 23.2 Å². The highest BCUT2D eigenvalue weighted by molar-refractivity contribution is 14.1. The highest BCUT2D eigenvalue weighted by Gasteiger charge is 2.46. The van der Waals surface area contributed by atoms with Gasteiger partial charge in [0.05, 0.1) is 5.69 Å². The molecule has 0 aliphatic carbocycles. The molecule has 5 rings (SSSR count). The summed E-state index contributed by atoms with van der Waals surface area (Å²) in [5, 5.41) is 7.05. The number of amides is 1. The van der Waals surface area contributed by atoms with Gasteiger partial charge in [-0.2, -0.15) is 11.3 Å². The SMILES string of the molecule is C=C1CC(c2ccsc2)(c2cccc(Oc3ccc(I)cc3)n2)NC(=O)C1Sc1ccccc1C. The van der Waals surface area contributed by atoms with Gasteiger partial charge in [0, 0.05) is 21.0 Å². The Morgan fingerprint density at radius 3 is 2.63 bits per heavy atom. The Labute approximate surface area is 227 Å². The van der Waals surface area contributed by atoms with Gasteiger partial charge < -0.3 is 10.1 Å². The normalized spacial score (nSPS) is 19.9. The lowest BCUT2D eigenvalue weighted by Gasteiger charge is -2.41. The molecule has 2 aromatic carbocycles. The summed E-state index contributed by atoms with van der Waals surface area (Å²) >= 11 is 5.41. The van der Waals surface area contributed by atoms with Gasteiger partial charge in [0.2, 0.25) is 11.8 Å². The Hall–Kier alpha value is -2.62. The van der Waals surface area contributed by atoms with Crippen LogP contribution >= 0.6 is 45.7 Å². The van der Waals surface area contributed by atoms with E-state index in [2.05, 4.69) is 52.9 Å². The molecular formula is C28H23IN2O2S2. The predicted molar refractivity (Wildman–Crippen MR) is 151 cm³/mol. The average Bonchev–Trinajstić information content (AvgIpc) is 3.40. The summed E-state index contributed by atoms with van der Waals surface area (Å²) in [5.74, 6) is 1.13. The molecule has 176 valence electrons. The van der Waals surface area contributed by atoms with E-state index >= 15 is 0 Å². The first kappa shape index (κ1) is 24.1. The third kappa shape index (κ3) is 5.03. The maximum atomic E-state index is 13.6. The molecule has 1 fully saturated rings. The number of nitrogens with zero attached hydrogens (tertiary/aromatic N) is 1. The van der Waals surface area contributed by atoms with Crippen LogP contribution in [0, 0.1) is 10.5 Å². The lowest BCUT2D eigenvalue weighted by Crippen LogP contribution is -2.55. The van der Waals surface area contributed by atoms with Crippen LogP contribution in [0.5, 0.6) is 11.6 Å². The number of rotatable bonds is 6. The summed E-state index contributed by atoms with van der Waals surface area (Å²) in [6.45, 7) is 6.42. The lowest BCUT2D eigenvalue weighted by atomic mass is 9.78. The fourth-order valence-electron chi connectivity index (χ4n) is 4.21. The van der Waals surface area contributed by atoms with Crippen molar-refractivity contribution in [2.45, 2.75) is 29.0 Å². The standard InChI is InChI=1S/C28H23IN2O2S2/c1-18-6-3-4-7-23(18)35-26-19(2)16-28(31-27(26)32,20-14-15-34-17-20)24-8-5-9-25(30-24)33-22-12-10-21(29)11-13-22/h3-15,17,26H,2,16H2,1H3,(H,31,32). The van der Waals surface area contributed by atoms with Crippen LogP contribution in [0.15, 0.2) is 101 Å². The van der Waals surface area contributed by atoms with Crippen molar-refractivity contribution in [2.24, 2.45) is 0 Å². The molecule has 1 aliphatic rings. The van der Waals surface area contributed by atoms with Crippen molar-refractivity contribution in [1.29, 1.82) is 0 Å². The number of thioether (sulfide) groups is 1. The van der Waals surface area contributed by atoms with Crippen LogP contribution in [-0.4, -0.2) is 16.1 Å². The van der Waals surface area contributed by atoms with Gasteiger partial charge in [-0.15, -0.1) is 11.8 Å². The van der Waals surface area contributed by atoms with Crippen molar-refractivity contribution in [3.8, 4) is 11.6 Å². The lowest BCUT2D eigenvalue weighted by molar-refractivity contribution is -0.122. The van der Waals surface area contributed by atoms with E-state index in [0.717, 1.165) is 30.9 Å². The molecule has 0 bridgehead atoms. The number of aryl methyl sites for hydroxylation is 1. The number of halogens is 1. The molecule has 3 heterocycles. The van der Waals surface area contributed by atoms with Gasteiger partial charge in [-0.3, -0.25) is 4.79 Å². The number of carbonyl (C=O) groups is 1. The zero-order valence-electron chi connectivity index (χ0n) is 19.0. The number of hydrogen-bond donors (Lipinski definition) is 1. The van der Waals surface area contributed by atoms with Gasteiger partial charge >= 0.3 is 0 Å². The fraction of sp³-hybridized carbons (Fsp3) is 0.143. The minimum absolute atomic E-state index is 0.0635. The third-order valence-electron chi connectivity index (χ3n) is 5.99. The van der Waals surface area contributed by atoms with Crippen molar-refractivity contribution in [3.63, 3.8) is 0 Å². The molecule has 2 aromatic heterocycles. The Kier molecular flexibility index (Phi) is 7.00. The van der Waals surface area contributed by atoms with Crippen molar-refractivity contribution >= 4 is 51.6 Å². The summed E-state index contributed by atoms with van der Waals surface area (Å²) in [5.41, 5.74) is 2.94. The van der Waals surface area contributed by atoms with E-state index in [9.17, 15) is 4.79 Å². The number of aromatic nitrogens is 1. The van der Waals surface area contributed by atoms with Crippen molar-refractivity contribution in [3.05, 3.63) is 116 Å². The van der Waals surface area contributed by atoms with Crippen molar-refractivity contribution in [2.75, 3.05) is 0 Å². The Morgan fingerprint density at radius 1 is 1.11 bits per heavy atom. The molecule has 1 N–H and O–H groups in total. The van der Waals surface area contributed by atoms with Gasteiger partial charge in [-0.1, -0.05) is 36.4 Å². The zero-order valence-corrected chi connectivity index (χ0v) is 22.8. The van der Waals surface area contributed by atoms with Crippen LogP contribution in [-0.2, 0) is 10.3 Å². The molecule has 7 heteroatoms. The second-order valence-corrected chi connectivity index (χ2v) is 11.6. The van der Waals surface area contributed by atoms with E-state index in [-0.39, 0.29) is 11.2 Å². The smallest absolute Gasteiger partial charge is 0.238 e. The number of ether oxygens (including phenoxy) is 1. The quantitative estimate of drug-likeness (QED) is 0.184. The minimum Gasteiger partial charge on any atom is -0.439 e. The Morgan fingerprint density at radius 2 is 1.91 bits per heavy atom. The van der Waals surface area contributed by atoms with Gasteiger partial charge in [0.15, 0.2) is 0 Å². The molecule has 1 aliphatic heterocycles. The minimum atomic E-state index is -0.803. The van der Waals surface area contributed by atoms with Crippen LogP contribution < -0.4 is 10.1 Å². The molecule has 0 saturated carbocycles. The monoisotopic (exact) mass is 610 g/mol. The van der Waals surface area contributed by atoms with E-state index in [1.807, 2.05) is 72.1 Å². The predicted octanol–water partition coefficient (Wildman–Crippen LogP) is 7.33. The molecule has 4 nitrogen and oxygen atoms in total. The molecule has 1 amide bonds. The number of carbonyl (C=O) groups excluding carboxylic acids is 1. The van der Waals surface area contributed by atoms with Gasteiger partial charge in [-0.05, 0) is 93.9 Å². The van der Waals surface area contributed by atoms with E-state index in [0.29, 0.717) is 18.1 Å². The van der Waals surface area contributed by atoms with Crippen LogP contribution in [0.3, 0.4) is 0 Å². The van der Waals surface area contributed by atoms with E-state index in [4.69, 9.17) is 9.72 Å². The Balaban J connectivity index is 1.48. The Bertz CT molecular complexity index is 1350. The summed E-state index contributed by atoms with van der Waals surface area (Å²) in [6.07, 6.45) is 0.555. The molecule has 0 radical (unpaired) electrons. The second-order valence-electron chi connectivity index (χ2n) is 8.42. The number of benzene rings is 2. The number of piperidine rings is 1. The van der Waals surface area contributed by atoms with E-state index in [1.54, 1.807) is 23.1 Å². The highest BCUT2D eigenvalue weighted by atomic mass is 127. The largest absolute Gasteiger partial charge is 0.439 e. The topological polar surface area (TPSA) is 51.2 Å². The maximum absolute atomic E-state index is 13.6. The highest BCUT2D eigenvalue weighted by Crippen LogP contribution is 2.44. The first-order chi connectivity index (χ1) is 16.9. The summed E-state index contributed by atoms with van der Waals surface area (Å²) in [7, 11) is 0. The first-order valence-corrected chi connectivity index (χ1v) is 14.0. The van der Waals surface area contributed by atoms with Gasteiger partial charge in [-0.25, -0.2) is 4.98 Å². The number of pyridine rings is 1. The number of hydrogen-bond acceptors (Lipinski definition) is 5. The number of thiophene rings is 1. The summed E-state index contributed by atoms with van der Waals surface area (Å²) in [6, 6.07) is 23.7. The number of nitrogens with one attached hydrogen (secondary N) is 1. The molecule has 35 heavy (non-hydrogen) atoms. The fourth-order valence-corrected chi connectivity index (χ4v) is 6.38. The third-order valence-corrected chi connectivity index (χ3v) is 8.88. The van der Waals surface area contributed by atoms with Crippen LogP contribution in [0.4, 0.5) is 0 Å². The molecule has 1 saturated heterocycles. The van der Waals surface area contributed by atoms with Crippen molar-refractivity contribution < 1.29 is 9.53 Å². The molecule has 4 aromatic rings. The van der Waals surface area contributed by atoms with E-state index in [1.165, 1.54) is 0 Å². The van der Waals surface area contributed by atoms with Crippen LogP contribution in [0.25, 0.3) is 0 Å².